The van der Waals surface area contributed by atoms with Crippen molar-refractivity contribution in [3.05, 3.63) is 0 Å². The van der Waals surface area contributed by atoms with Crippen LogP contribution in [0, 0.1) is 11.8 Å². The zero-order valence-corrected chi connectivity index (χ0v) is 7.25. The predicted molar refractivity (Wildman–Crippen MR) is 43.6 cm³/mol. The first kappa shape index (κ1) is 12.3. The van der Waals surface area contributed by atoms with E-state index in [1.165, 1.54) is 0 Å². The van der Waals surface area contributed by atoms with Crippen molar-refractivity contribution in [1.29, 1.82) is 0 Å². The van der Waals surface area contributed by atoms with Gasteiger partial charge >= 0.3 is 11.9 Å². The summed E-state index contributed by atoms with van der Waals surface area (Å²) >= 11 is 0. The lowest BCUT2D eigenvalue weighted by atomic mass is 9.88. The highest BCUT2D eigenvalue weighted by Gasteiger charge is 2.32. The highest BCUT2D eigenvalue weighted by Crippen LogP contribution is 2.18. The van der Waals surface area contributed by atoms with Gasteiger partial charge in [0.1, 0.15) is 12.6 Å². The van der Waals surface area contributed by atoms with Crippen LogP contribution >= 0.6 is 0 Å². The Morgan fingerprint density at radius 1 is 0.929 bits per heavy atom. The standard InChI is InChI=1S/C8H10O6/c9-3-1-5(7(11)12)6(2-4-10)8(13)14/h3-6H,1-2H2,(H,11,12)(H,13,14). The van der Waals surface area contributed by atoms with Crippen molar-refractivity contribution in [3.8, 4) is 0 Å². The van der Waals surface area contributed by atoms with Gasteiger partial charge in [0.05, 0.1) is 11.8 Å². The van der Waals surface area contributed by atoms with Crippen molar-refractivity contribution < 1.29 is 29.4 Å². The molecule has 0 amide bonds. The van der Waals surface area contributed by atoms with Gasteiger partial charge in [0.25, 0.3) is 0 Å². The quantitative estimate of drug-likeness (QED) is 0.542. The Hall–Kier alpha value is -1.72. The van der Waals surface area contributed by atoms with E-state index in [2.05, 4.69) is 0 Å². The third-order valence-corrected chi connectivity index (χ3v) is 1.82. The summed E-state index contributed by atoms with van der Waals surface area (Å²) in [5.41, 5.74) is 0. The minimum absolute atomic E-state index is 0.333. The van der Waals surface area contributed by atoms with Crippen LogP contribution in [0.2, 0.25) is 0 Å². The van der Waals surface area contributed by atoms with E-state index >= 15 is 0 Å². The number of carbonyl (C=O) groups is 4. The number of rotatable bonds is 7. The van der Waals surface area contributed by atoms with Crippen LogP contribution in [0.1, 0.15) is 12.8 Å². The molecule has 78 valence electrons. The molecule has 0 aromatic heterocycles. The molecule has 0 bridgehead atoms. The molecule has 0 heterocycles. The van der Waals surface area contributed by atoms with Crippen molar-refractivity contribution in [2.45, 2.75) is 12.8 Å². The Morgan fingerprint density at radius 2 is 1.21 bits per heavy atom. The van der Waals surface area contributed by atoms with Crippen LogP contribution in [0.15, 0.2) is 0 Å². The third kappa shape index (κ3) is 3.34. The van der Waals surface area contributed by atoms with Gasteiger partial charge in [0.15, 0.2) is 0 Å². The van der Waals surface area contributed by atoms with Gasteiger partial charge in [0, 0.05) is 12.8 Å². The smallest absolute Gasteiger partial charge is 0.307 e. The maximum Gasteiger partial charge on any atom is 0.307 e. The van der Waals surface area contributed by atoms with E-state index in [1.54, 1.807) is 0 Å². The van der Waals surface area contributed by atoms with Gasteiger partial charge in [-0.2, -0.15) is 0 Å². The molecule has 2 unspecified atom stereocenters. The van der Waals surface area contributed by atoms with Crippen LogP contribution in [0.25, 0.3) is 0 Å². The summed E-state index contributed by atoms with van der Waals surface area (Å²) in [4.78, 5) is 41.4. The van der Waals surface area contributed by atoms with E-state index in [0.29, 0.717) is 12.6 Å². The largest absolute Gasteiger partial charge is 0.481 e. The zero-order valence-electron chi connectivity index (χ0n) is 7.25. The second-order valence-electron chi connectivity index (χ2n) is 2.69. The van der Waals surface area contributed by atoms with Crippen molar-refractivity contribution in [1.82, 2.24) is 0 Å². The lowest BCUT2D eigenvalue weighted by Crippen LogP contribution is -2.30. The summed E-state index contributed by atoms with van der Waals surface area (Å²) < 4.78 is 0. The summed E-state index contributed by atoms with van der Waals surface area (Å²) in [5.74, 6) is -5.44. The number of aldehydes is 2. The van der Waals surface area contributed by atoms with Crippen LogP contribution in [-0.2, 0) is 19.2 Å². The first-order valence-corrected chi connectivity index (χ1v) is 3.87. The molecule has 6 heteroatoms. The van der Waals surface area contributed by atoms with Gasteiger partial charge in [-0.1, -0.05) is 0 Å². The lowest BCUT2D eigenvalue weighted by Gasteiger charge is -2.15. The minimum atomic E-state index is -1.38. The molecule has 0 aliphatic heterocycles. The van der Waals surface area contributed by atoms with Crippen molar-refractivity contribution >= 4 is 24.5 Å². The molecule has 0 aromatic carbocycles. The molecule has 0 radical (unpaired) electrons. The number of carboxylic acid groups (broad SMARTS) is 2. The normalized spacial score (nSPS) is 14.0. The Labute approximate surface area is 79.5 Å². The lowest BCUT2D eigenvalue weighted by molar-refractivity contribution is -0.154. The van der Waals surface area contributed by atoms with E-state index < -0.39 is 36.6 Å². The van der Waals surface area contributed by atoms with Crippen molar-refractivity contribution in [3.63, 3.8) is 0 Å². The SMILES string of the molecule is O=CCC(C(=O)O)C(CC=O)C(=O)O. The molecule has 0 aliphatic carbocycles. The topological polar surface area (TPSA) is 109 Å². The Balaban J connectivity index is 4.70. The van der Waals surface area contributed by atoms with Gasteiger partial charge in [-0.05, 0) is 0 Å². The Kier molecular flexibility index (Phi) is 5.13. The monoisotopic (exact) mass is 202 g/mol. The average molecular weight is 202 g/mol. The highest BCUT2D eigenvalue weighted by atomic mass is 16.4. The van der Waals surface area contributed by atoms with E-state index in [-0.39, 0.29) is 0 Å². The minimum Gasteiger partial charge on any atom is -0.481 e. The van der Waals surface area contributed by atoms with E-state index in [9.17, 15) is 19.2 Å². The number of hydrogen-bond donors (Lipinski definition) is 2. The van der Waals surface area contributed by atoms with Crippen LogP contribution in [-0.4, -0.2) is 34.7 Å². The average Bonchev–Trinajstić information content (AvgIpc) is 2.10. The maximum absolute atomic E-state index is 10.6. The molecule has 0 saturated heterocycles. The number of carboxylic acids is 2. The summed E-state index contributed by atoms with van der Waals surface area (Å²) in [5, 5.41) is 17.2. The number of carbonyl (C=O) groups excluding carboxylic acids is 2. The molecule has 14 heavy (non-hydrogen) atoms. The van der Waals surface area contributed by atoms with Crippen molar-refractivity contribution in [2.24, 2.45) is 11.8 Å². The maximum atomic E-state index is 10.6. The Morgan fingerprint density at radius 3 is 1.36 bits per heavy atom. The van der Waals surface area contributed by atoms with Gasteiger partial charge < -0.3 is 19.8 Å². The van der Waals surface area contributed by atoms with Gasteiger partial charge in [0.2, 0.25) is 0 Å². The molecule has 0 spiro atoms. The van der Waals surface area contributed by atoms with Gasteiger partial charge in [-0.25, -0.2) is 0 Å². The summed E-state index contributed by atoms with van der Waals surface area (Å²) in [7, 11) is 0. The molecule has 2 atom stereocenters. The molecule has 0 fully saturated rings. The van der Waals surface area contributed by atoms with E-state index in [1.807, 2.05) is 0 Å². The zero-order chi connectivity index (χ0) is 11.1. The molecule has 6 nitrogen and oxygen atoms in total. The first-order chi connectivity index (χ1) is 6.54. The first-order valence-electron chi connectivity index (χ1n) is 3.87. The molecular weight excluding hydrogens is 192 g/mol. The predicted octanol–water partition coefficient (Wildman–Crippen LogP) is -0.434. The molecule has 2 N–H and O–H groups in total. The molecule has 0 rings (SSSR count). The molecular formula is C8H10O6. The van der Waals surface area contributed by atoms with Gasteiger partial charge in [-0.3, -0.25) is 9.59 Å². The second-order valence-corrected chi connectivity index (χ2v) is 2.69. The fraction of sp³-hybridized carbons (Fsp3) is 0.500. The van der Waals surface area contributed by atoms with Crippen LogP contribution in [0.3, 0.4) is 0 Å². The molecule has 0 saturated carbocycles. The van der Waals surface area contributed by atoms with E-state index in [4.69, 9.17) is 10.2 Å². The summed E-state index contributed by atoms with van der Waals surface area (Å²) in [6.07, 6.45) is -0.140. The van der Waals surface area contributed by atoms with Crippen LogP contribution < -0.4 is 0 Å². The summed E-state index contributed by atoms with van der Waals surface area (Å²) in [6.45, 7) is 0. The van der Waals surface area contributed by atoms with Gasteiger partial charge in [-0.15, -0.1) is 0 Å². The number of hydrogen-bond acceptors (Lipinski definition) is 4. The highest BCUT2D eigenvalue weighted by molar-refractivity contribution is 5.83. The van der Waals surface area contributed by atoms with Crippen molar-refractivity contribution in [2.75, 3.05) is 0 Å². The van der Waals surface area contributed by atoms with Crippen LogP contribution in [0.4, 0.5) is 0 Å². The fourth-order valence-corrected chi connectivity index (χ4v) is 1.08. The number of aliphatic carboxylic acids is 2. The fourth-order valence-electron chi connectivity index (χ4n) is 1.08. The summed E-state index contributed by atoms with van der Waals surface area (Å²) in [6, 6.07) is 0. The van der Waals surface area contributed by atoms with E-state index in [0.717, 1.165) is 0 Å². The molecule has 0 aromatic rings. The Bertz CT molecular complexity index is 220. The third-order valence-electron chi connectivity index (χ3n) is 1.82. The van der Waals surface area contributed by atoms with Crippen LogP contribution in [0.5, 0.6) is 0 Å². The molecule has 0 aliphatic rings. The second kappa shape index (κ2) is 5.85.